The Labute approximate surface area is 150 Å². The molecule has 4 heteroatoms. The lowest BCUT2D eigenvalue weighted by molar-refractivity contribution is -0.136. The molecule has 4 rings (SSSR count). The quantitative estimate of drug-likeness (QED) is 0.902. The van der Waals surface area contributed by atoms with Gasteiger partial charge in [0.15, 0.2) is 0 Å². The highest BCUT2D eigenvalue weighted by molar-refractivity contribution is 5.42. The van der Waals surface area contributed by atoms with Gasteiger partial charge in [-0.2, -0.15) is 5.26 Å². The van der Waals surface area contributed by atoms with Gasteiger partial charge >= 0.3 is 0 Å². The summed E-state index contributed by atoms with van der Waals surface area (Å²) < 4.78 is 12.1. The summed E-state index contributed by atoms with van der Waals surface area (Å²) in [5, 5.41) is 13.1. The summed E-state index contributed by atoms with van der Waals surface area (Å²) in [7, 11) is 0. The summed E-state index contributed by atoms with van der Waals surface area (Å²) in [6, 6.07) is 11.0. The highest BCUT2D eigenvalue weighted by Crippen LogP contribution is 2.42. The Morgan fingerprint density at radius 1 is 1.08 bits per heavy atom. The highest BCUT2D eigenvalue weighted by atomic mass is 16.5. The van der Waals surface area contributed by atoms with Crippen LogP contribution in [0.25, 0.3) is 0 Å². The van der Waals surface area contributed by atoms with E-state index in [0.717, 1.165) is 44.5 Å². The Hall–Kier alpha value is -1.57. The summed E-state index contributed by atoms with van der Waals surface area (Å²) in [6.07, 6.45) is 10.9. The number of hydrogen-bond donors (Lipinski definition) is 1. The van der Waals surface area contributed by atoms with Crippen LogP contribution in [0.4, 0.5) is 0 Å². The van der Waals surface area contributed by atoms with Crippen molar-refractivity contribution in [2.45, 2.75) is 81.6 Å². The second kappa shape index (κ2) is 7.35. The van der Waals surface area contributed by atoms with E-state index in [9.17, 15) is 5.26 Å². The maximum atomic E-state index is 9.19. The van der Waals surface area contributed by atoms with Crippen LogP contribution in [-0.4, -0.2) is 30.4 Å². The molecule has 1 aromatic rings. The van der Waals surface area contributed by atoms with Gasteiger partial charge in [0.25, 0.3) is 0 Å². The zero-order valence-electron chi connectivity index (χ0n) is 14.9. The number of para-hydroxylation sites is 1. The minimum absolute atomic E-state index is 0.219. The first kappa shape index (κ1) is 16.9. The van der Waals surface area contributed by atoms with Crippen LogP contribution in [-0.2, 0) is 4.74 Å². The molecule has 0 bridgehead atoms. The molecule has 2 aliphatic carbocycles. The Bertz CT molecular complexity index is 627. The average Bonchev–Trinajstić information content (AvgIpc) is 2.63. The van der Waals surface area contributed by atoms with Gasteiger partial charge in [0.2, 0.25) is 0 Å². The predicted octanol–water partition coefficient (Wildman–Crippen LogP) is 3.94. The van der Waals surface area contributed by atoms with Crippen molar-refractivity contribution in [2.75, 3.05) is 6.61 Å². The van der Waals surface area contributed by atoms with Crippen molar-refractivity contribution < 1.29 is 9.47 Å². The maximum absolute atomic E-state index is 9.19. The molecule has 3 fully saturated rings. The number of nitrogens with one attached hydrogen (secondary N) is 1. The second-order valence-electron chi connectivity index (χ2n) is 7.94. The SMILES string of the molecule is N#Cc1ccccc1OC1CCC(NC2CCOC3(CCC3)C2)CC1. The van der Waals surface area contributed by atoms with E-state index in [-0.39, 0.29) is 11.7 Å². The summed E-state index contributed by atoms with van der Waals surface area (Å²) in [6.45, 7) is 0.918. The van der Waals surface area contributed by atoms with Crippen molar-refractivity contribution in [3.63, 3.8) is 0 Å². The van der Waals surface area contributed by atoms with E-state index in [1.54, 1.807) is 0 Å². The second-order valence-corrected chi connectivity index (χ2v) is 7.94. The number of nitriles is 1. The Morgan fingerprint density at radius 3 is 2.60 bits per heavy atom. The fourth-order valence-electron chi connectivity index (χ4n) is 4.61. The van der Waals surface area contributed by atoms with Gasteiger partial charge in [0, 0.05) is 18.7 Å². The highest BCUT2D eigenvalue weighted by Gasteiger charge is 2.42. The Kier molecular flexibility index (Phi) is 4.96. The average molecular weight is 340 g/mol. The molecule has 1 atom stereocenters. The van der Waals surface area contributed by atoms with Crippen molar-refractivity contribution in [3.8, 4) is 11.8 Å². The Morgan fingerprint density at radius 2 is 1.88 bits per heavy atom. The molecule has 4 nitrogen and oxygen atoms in total. The molecule has 25 heavy (non-hydrogen) atoms. The molecule has 3 aliphatic rings. The van der Waals surface area contributed by atoms with Gasteiger partial charge < -0.3 is 14.8 Å². The summed E-state index contributed by atoms with van der Waals surface area (Å²) in [4.78, 5) is 0. The van der Waals surface area contributed by atoms with E-state index in [2.05, 4.69) is 11.4 Å². The van der Waals surface area contributed by atoms with Gasteiger partial charge in [-0.3, -0.25) is 0 Å². The number of hydrogen-bond acceptors (Lipinski definition) is 4. The lowest BCUT2D eigenvalue weighted by atomic mass is 9.73. The first-order valence-electron chi connectivity index (χ1n) is 9.82. The molecular formula is C21H28N2O2. The summed E-state index contributed by atoms with van der Waals surface area (Å²) in [5.41, 5.74) is 0.854. The molecule has 1 spiro atoms. The first-order valence-corrected chi connectivity index (χ1v) is 9.82. The first-order chi connectivity index (χ1) is 12.3. The van der Waals surface area contributed by atoms with Crippen molar-refractivity contribution in [1.82, 2.24) is 5.32 Å². The van der Waals surface area contributed by atoms with Gasteiger partial charge in [-0.05, 0) is 69.9 Å². The van der Waals surface area contributed by atoms with Crippen LogP contribution in [0, 0.1) is 11.3 Å². The zero-order chi connectivity index (χ0) is 17.1. The molecular weight excluding hydrogens is 312 g/mol. The van der Waals surface area contributed by atoms with E-state index < -0.39 is 0 Å². The molecule has 0 radical (unpaired) electrons. The van der Waals surface area contributed by atoms with Gasteiger partial charge in [-0.1, -0.05) is 12.1 Å². The smallest absolute Gasteiger partial charge is 0.137 e. The van der Waals surface area contributed by atoms with Crippen LogP contribution in [0.2, 0.25) is 0 Å². The van der Waals surface area contributed by atoms with Crippen LogP contribution in [0.5, 0.6) is 5.75 Å². The van der Waals surface area contributed by atoms with Crippen molar-refractivity contribution in [2.24, 2.45) is 0 Å². The fraction of sp³-hybridized carbons (Fsp3) is 0.667. The molecule has 1 saturated heterocycles. The monoisotopic (exact) mass is 340 g/mol. The minimum Gasteiger partial charge on any atom is -0.489 e. The lowest BCUT2D eigenvalue weighted by Gasteiger charge is -2.48. The third kappa shape index (κ3) is 3.83. The van der Waals surface area contributed by atoms with Gasteiger partial charge in [-0.15, -0.1) is 0 Å². The Balaban J connectivity index is 1.25. The number of ether oxygens (including phenoxy) is 2. The van der Waals surface area contributed by atoms with Crippen LogP contribution in [0.15, 0.2) is 24.3 Å². The minimum atomic E-state index is 0.219. The number of benzene rings is 1. The predicted molar refractivity (Wildman–Crippen MR) is 96.5 cm³/mol. The van der Waals surface area contributed by atoms with Crippen LogP contribution in [0.1, 0.15) is 63.4 Å². The van der Waals surface area contributed by atoms with Gasteiger partial charge in [0.1, 0.15) is 11.8 Å². The molecule has 134 valence electrons. The lowest BCUT2D eigenvalue weighted by Crippen LogP contribution is -2.53. The van der Waals surface area contributed by atoms with E-state index in [4.69, 9.17) is 9.47 Å². The van der Waals surface area contributed by atoms with Crippen LogP contribution < -0.4 is 10.1 Å². The molecule has 1 aliphatic heterocycles. The van der Waals surface area contributed by atoms with Gasteiger partial charge in [0.05, 0.1) is 17.3 Å². The molecule has 0 aromatic heterocycles. The number of rotatable bonds is 4. The largest absolute Gasteiger partial charge is 0.489 e. The molecule has 1 unspecified atom stereocenters. The zero-order valence-corrected chi connectivity index (χ0v) is 14.9. The third-order valence-electron chi connectivity index (χ3n) is 6.20. The topological polar surface area (TPSA) is 54.3 Å². The van der Waals surface area contributed by atoms with Crippen LogP contribution >= 0.6 is 0 Å². The summed E-state index contributed by atoms with van der Waals surface area (Å²) >= 11 is 0. The van der Waals surface area contributed by atoms with Crippen LogP contribution in [0.3, 0.4) is 0 Å². The standard InChI is InChI=1S/C21H28N2O2/c22-15-16-4-1-2-5-20(16)25-19-8-6-17(7-9-19)23-18-10-13-24-21(14-18)11-3-12-21/h1-2,4-5,17-19,23H,3,6-14H2. The van der Waals surface area contributed by atoms with E-state index in [1.807, 2.05) is 24.3 Å². The van der Waals surface area contributed by atoms with E-state index >= 15 is 0 Å². The number of nitrogens with zero attached hydrogens (tertiary/aromatic N) is 1. The molecule has 0 amide bonds. The van der Waals surface area contributed by atoms with E-state index in [0.29, 0.717) is 17.6 Å². The van der Waals surface area contributed by atoms with E-state index in [1.165, 1.54) is 25.7 Å². The third-order valence-corrected chi connectivity index (χ3v) is 6.20. The maximum Gasteiger partial charge on any atom is 0.137 e. The molecule has 1 heterocycles. The molecule has 1 N–H and O–H groups in total. The van der Waals surface area contributed by atoms with Crippen molar-refractivity contribution >= 4 is 0 Å². The normalized spacial score (nSPS) is 31.1. The van der Waals surface area contributed by atoms with Gasteiger partial charge in [-0.25, -0.2) is 0 Å². The van der Waals surface area contributed by atoms with Crippen molar-refractivity contribution in [3.05, 3.63) is 29.8 Å². The van der Waals surface area contributed by atoms with Crippen molar-refractivity contribution in [1.29, 1.82) is 5.26 Å². The summed E-state index contributed by atoms with van der Waals surface area (Å²) in [5.74, 6) is 0.734. The molecule has 1 aromatic carbocycles. The molecule has 2 saturated carbocycles. The fourth-order valence-corrected chi connectivity index (χ4v) is 4.61.